The molecular formula is C8H9N3. The Labute approximate surface area is 65.6 Å². The van der Waals surface area contributed by atoms with E-state index in [-0.39, 0.29) is 0 Å². The zero-order chi connectivity index (χ0) is 8.27. The lowest BCUT2D eigenvalue weighted by atomic mass is 10.2. The first kappa shape index (κ1) is 7.42. The third-order valence-corrected chi connectivity index (χ3v) is 1.38. The van der Waals surface area contributed by atoms with Crippen molar-refractivity contribution < 1.29 is 0 Å². The summed E-state index contributed by atoms with van der Waals surface area (Å²) in [5, 5.41) is 2.91. The number of nitrogens with two attached hydrogens (primary N) is 1. The van der Waals surface area contributed by atoms with Crippen LogP contribution in [0.15, 0.2) is 12.4 Å². The van der Waals surface area contributed by atoms with Crippen molar-refractivity contribution in [2.75, 3.05) is 18.1 Å². The monoisotopic (exact) mass is 147 g/mol. The third kappa shape index (κ3) is 1.24. The number of rotatable bonds is 1. The van der Waals surface area contributed by atoms with Gasteiger partial charge in [0, 0.05) is 13.2 Å². The van der Waals surface area contributed by atoms with E-state index in [9.17, 15) is 0 Å². The number of nitrogens with zero attached hydrogens (tertiary/aromatic N) is 1. The maximum Gasteiger partial charge on any atom is 0.0762 e. The van der Waals surface area contributed by atoms with E-state index in [2.05, 4.69) is 16.2 Å². The molecular weight excluding hydrogens is 138 g/mol. The minimum absolute atomic E-state index is 0.572. The van der Waals surface area contributed by atoms with Gasteiger partial charge in [0.25, 0.3) is 0 Å². The molecule has 0 bridgehead atoms. The van der Waals surface area contributed by atoms with Crippen LogP contribution in [0.1, 0.15) is 5.56 Å². The molecule has 0 amide bonds. The van der Waals surface area contributed by atoms with Gasteiger partial charge in [0.2, 0.25) is 0 Å². The van der Waals surface area contributed by atoms with E-state index < -0.39 is 0 Å². The van der Waals surface area contributed by atoms with Gasteiger partial charge < -0.3 is 11.1 Å². The zero-order valence-corrected chi connectivity index (χ0v) is 6.26. The van der Waals surface area contributed by atoms with Crippen LogP contribution in [-0.4, -0.2) is 12.0 Å². The highest BCUT2D eigenvalue weighted by Crippen LogP contribution is 2.19. The van der Waals surface area contributed by atoms with Gasteiger partial charge in [0.1, 0.15) is 0 Å². The van der Waals surface area contributed by atoms with Crippen molar-refractivity contribution in [1.29, 1.82) is 0 Å². The second kappa shape index (κ2) is 2.93. The van der Waals surface area contributed by atoms with E-state index in [4.69, 9.17) is 12.2 Å². The Bertz CT molecular complexity index is 299. The fourth-order valence-electron chi connectivity index (χ4n) is 0.865. The van der Waals surface area contributed by atoms with Crippen LogP contribution >= 0.6 is 0 Å². The summed E-state index contributed by atoms with van der Waals surface area (Å²) in [6, 6.07) is 0. The second-order valence-corrected chi connectivity index (χ2v) is 2.05. The predicted octanol–water partition coefficient (Wildman–Crippen LogP) is 0.687. The van der Waals surface area contributed by atoms with E-state index in [1.807, 2.05) is 0 Å². The van der Waals surface area contributed by atoms with Crippen LogP contribution in [-0.2, 0) is 0 Å². The maximum atomic E-state index is 5.59. The van der Waals surface area contributed by atoms with Gasteiger partial charge in [0.05, 0.1) is 23.1 Å². The van der Waals surface area contributed by atoms with Gasteiger partial charge in [-0.3, -0.25) is 4.98 Å². The highest BCUT2D eigenvalue weighted by Gasteiger charge is 2.00. The molecule has 0 spiro atoms. The molecule has 3 heteroatoms. The van der Waals surface area contributed by atoms with Gasteiger partial charge in [-0.05, 0) is 0 Å². The number of aromatic nitrogens is 1. The Morgan fingerprint density at radius 3 is 2.82 bits per heavy atom. The smallest absolute Gasteiger partial charge is 0.0762 e. The first-order chi connectivity index (χ1) is 5.29. The average molecular weight is 147 g/mol. The Hall–Kier alpha value is -1.69. The van der Waals surface area contributed by atoms with Crippen molar-refractivity contribution in [2.45, 2.75) is 0 Å². The fraction of sp³-hybridized carbons (Fsp3) is 0.125. The van der Waals surface area contributed by atoms with E-state index in [0.717, 1.165) is 5.69 Å². The van der Waals surface area contributed by atoms with Crippen molar-refractivity contribution in [3.05, 3.63) is 18.0 Å². The molecule has 0 saturated heterocycles. The molecule has 0 aromatic carbocycles. The lowest BCUT2D eigenvalue weighted by Crippen LogP contribution is -1.99. The molecule has 0 fully saturated rings. The number of nitrogens with one attached hydrogen (secondary N) is 1. The summed E-state index contributed by atoms with van der Waals surface area (Å²) in [4.78, 5) is 3.86. The summed E-state index contributed by atoms with van der Waals surface area (Å²) in [5.41, 5.74) is 7.61. The highest BCUT2D eigenvalue weighted by molar-refractivity contribution is 5.72. The number of anilines is 2. The SMILES string of the molecule is C#Cc1cncc(N)c1NC. The summed E-state index contributed by atoms with van der Waals surface area (Å²) in [6.07, 6.45) is 8.37. The van der Waals surface area contributed by atoms with Crippen LogP contribution in [0, 0.1) is 12.3 Å². The first-order valence-electron chi connectivity index (χ1n) is 3.17. The Morgan fingerprint density at radius 2 is 2.36 bits per heavy atom. The molecule has 0 radical (unpaired) electrons. The molecule has 1 heterocycles. The molecule has 1 rings (SSSR count). The second-order valence-electron chi connectivity index (χ2n) is 2.05. The van der Waals surface area contributed by atoms with Gasteiger partial charge in [-0.1, -0.05) is 5.92 Å². The topological polar surface area (TPSA) is 50.9 Å². The van der Waals surface area contributed by atoms with E-state index in [1.165, 1.54) is 0 Å². The van der Waals surface area contributed by atoms with Gasteiger partial charge >= 0.3 is 0 Å². The lowest BCUT2D eigenvalue weighted by Gasteiger charge is -2.05. The molecule has 3 nitrogen and oxygen atoms in total. The summed E-state index contributed by atoms with van der Waals surface area (Å²) < 4.78 is 0. The van der Waals surface area contributed by atoms with Crippen LogP contribution in [0.3, 0.4) is 0 Å². The van der Waals surface area contributed by atoms with Crippen LogP contribution in [0.25, 0.3) is 0 Å². The van der Waals surface area contributed by atoms with Crippen molar-refractivity contribution in [1.82, 2.24) is 4.98 Å². The number of hydrogen-bond acceptors (Lipinski definition) is 3. The quantitative estimate of drug-likeness (QED) is 0.574. The van der Waals surface area contributed by atoms with Crippen molar-refractivity contribution >= 4 is 11.4 Å². The number of hydrogen-bond donors (Lipinski definition) is 2. The summed E-state index contributed by atoms with van der Waals surface area (Å²) in [7, 11) is 1.77. The van der Waals surface area contributed by atoms with Gasteiger partial charge in [-0.2, -0.15) is 0 Å². The molecule has 0 aliphatic heterocycles. The van der Waals surface area contributed by atoms with Crippen LogP contribution in [0.5, 0.6) is 0 Å². The molecule has 56 valence electrons. The summed E-state index contributed by atoms with van der Waals surface area (Å²) >= 11 is 0. The van der Waals surface area contributed by atoms with E-state index >= 15 is 0 Å². The van der Waals surface area contributed by atoms with E-state index in [1.54, 1.807) is 19.4 Å². The molecule has 0 saturated carbocycles. The zero-order valence-electron chi connectivity index (χ0n) is 6.26. The average Bonchev–Trinajstić information content (AvgIpc) is 2.04. The van der Waals surface area contributed by atoms with Crippen LogP contribution in [0.2, 0.25) is 0 Å². The van der Waals surface area contributed by atoms with Crippen LogP contribution in [0.4, 0.5) is 11.4 Å². The van der Waals surface area contributed by atoms with Crippen molar-refractivity contribution in [2.24, 2.45) is 0 Å². The van der Waals surface area contributed by atoms with Crippen LogP contribution < -0.4 is 11.1 Å². The molecule has 1 aromatic rings. The number of pyridine rings is 1. The highest BCUT2D eigenvalue weighted by atomic mass is 14.9. The maximum absolute atomic E-state index is 5.59. The predicted molar refractivity (Wildman–Crippen MR) is 46.1 cm³/mol. The molecule has 1 aromatic heterocycles. The van der Waals surface area contributed by atoms with Gasteiger partial charge in [-0.25, -0.2) is 0 Å². The van der Waals surface area contributed by atoms with Crippen molar-refractivity contribution in [3.63, 3.8) is 0 Å². The molecule has 0 unspecified atom stereocenters. The minimum atomic E-state index is 0.572. The van der Waals surface area contributed by atoms with E-state index in [0.29, 0.717) is 11.3 Å². The van der Waals surface area contributed by atoms with Gasteiger partial charge in [0.15, 0.2) is 0 Å². The fourth-order valence-corrected chi connectivity index (χ4v) is 0.865. The Morgan fingerprint density at radius 1 is 1.64 bits per heavy atom. The molecule has 3 N–H and O–H groups in total. The number of terminal acetylenes is 1. The number of nitrogen functional groups attached to an aromatic ring is 1. The minimum Gasteiger partial charge on any atom is -0.396 e. The van der Waals surface area contributed by atoms with Crippen molar-refractivity contribution in [3.8, 4) is 12.3 Å². The molecule has 11 heavy (non-hydrogen) atoms. The summed E-state index contributed by atoms with van der Waals surface area (Å²) in [5.74, 6) is 2.48. The molecule has 0 atom stereocenters. The standard InChI is InChI=1S/C8H9N3/c1-3-6-4-11-5-7(9)8(6)10-2/h1,4-5H,9H2,2H3,(H,10,11). The van der Waals surface area contributed by atoms with Gasteiger partial charge in [-0.15, -0.1) is 6.42 Å². The lowest BCUT2D eigenvalue weighted by molar-refractivity contribution is 1.30. The largest absolute Gasteiger partial charge is 0.396 e. The Kier molecular flexibility index (Phi) is 1.98. The first-order valence-corrected chi connectivity index (χ1v) is 3.17. The molecule has 0 aliphatic rings. The summed E-state index contributed by atoms with van der Waals surface area (Å²) in [6.45, 7) is 0. The third-order valence-electron chi connectivity index (χ3n) is 1.38. The molecule has 0 aliphatic carbocycles. The normalized spacial score (nSPS) is 8.73. The Balaban J connectivity index is 3.27.